The summed E-state index contributed by atoms with van der Waals surface area (Å²) in [5.41, 5.74) is 0.435. The van der Waals surface area contributed by atoms with Gasteiger partial charge in [-0.05, 0) is 19.8 Å². The van der Waals surface area contributed by atoms with Gasteiger partial charge in [-0.3, -0.25) is 9.69 Å². The molecule has 1 heterocycles. The first-order valence-corrected chi connectivity index (χ1v) is 5.52. The zero-order valence-corrected chi connectivity index (χ0v) is 10.0. The molecule has 1 aliphatic heterocycles. The Bertz CT molecular complexity index is 317. The molecule has 2 unspecified atom stereocenters. The van der Waals surface area contributed by atoms with Gasteiger partial charge in [0.2, 0.25) is 0 Å². The molecule has 2 N–H and O–H groups in total. The second-order valence-corrected chi connectivity index (χ2v) is 3.93. The lowest BCUT2D eigenvalue weighted by Crippen LogP contribution is -2.42. The Morgan fingerprint density at radius 2 is 2.29 bits per heavy atom. The number of urea groups is 1. The predicted octanol–water partition coefficient (Wildman–Crippen LogP) is 0.228. The van der Waals surface area contributed by atoms with Crippen molar-refractivity contribution in [3.63, 3.8) is 0 Å². The van der Waals surface area contributed by atoms with E-state index in [9.17, 15) is 9.59 Å². The van der Waals surface area contributed by atoms with E-state index in [1.54, 1.807) is 6.92 Å². The van der Waals surface area contributed by atoms with Gasteiger partial charge in [0.1, 0.15) is 12.5 Å². The molecule has 0 aromatic heterocycles. The highest BCUT2D eigenvalue weighted by Crippen LogP contribution is 2.23. The molecule has 0 bridgehead atoms. The van der Waals surface area contributed by atoms with Gasteiger partial charge in [0.05, 0.1) is 12.7 Å². The Balaban J connectivity index is 2.77. The monoisotopic (exact) mass is 242 g/mol. The Labute approximate surface area is 100 Å². The maximum atomic E-state index is 11.7. The molecule has 0 saturated carbocycles. The largest absolute Gasteiger partial charge is 0.394 e. The van der Waals surface area contributed by atoms with Gasteiger partial charge < -0.3 is 15.2 Å². The molecule has 0 radical (unpaired) electrons. The van der Waals surface area contributed by atoms with Crippen LogP contribution in [0.15, 0.2) is 11.8 Å². The Morgan fingerprint density at radius 1 is 1.59 bits per heavy atom. The molecule has 96 valence electrons. The number of aliphatic hydroxyl groups is 1. The predicted molar refractivity (Wildman–Crippen MR) is 61.1 cm³/mol. The van der Waals surface area contributed by atoms with Crippen molar-refractivity contribution in [3.8, 4) is 0 Å². The second-order valence-electron chi connectivity index (χ2n) is 3.93. The number of aldehydes is 1. The van der Waals surface area contributed by atoms with Crippen LogP contribution in [-0.2, 0) is 9.53 Å². The molecule has 0 aromatic carbocycles. The SMILES string of the molecule is CNC(=O)N(/C=C(/C)C=O)C1CCC(CO)O1. The van der Waals surface area contributed by atoms with Crippen molar-refractivity contribution in [3.05, 3.63) is 11.8 Å². The molecule has 2 atom stereocenters. The van der Waals surface area contributed by atoms with Crippen LogP contribution in [0.3, 0.4) is 0 Å². The first-order chi connectivity index (χ1) is 8.12. The second kappa shape index (κ2) is 6.36. The summed E-state index contributed by atoms with van der Waals surface area (Å²) in [6.07, 6.45) is 2.80. The molecule has 0 aromatic rings. The van der Waals surface area contributed by atoms with Crippen molar-refractivity contribution in [2.45, 2.75) is 32.1 Å². The van der Waals surface area contributed by atoms with Crippen molar-refractivity contribution in [2.75, 3.05) is 13.7 Å². The third kappa shape index (κ3) is 3.54. The number of carbonyl (C=O) groups is 2. The molecule has 1 aliphatic rings. The first kappa shape index (κ1) is 13.7. The zero-order valence-electron chi connectivity index (χ0n) is 10.0. The van der Waals surface area contributed by atoms with Gasteiger partial charge in [0.15, 0.2) is 0 Å². The van der Waals surface area contributed by atoms with E-state index in [2.05, 4.69) is 5.32 Å². The van der Waals surface area contributed by atoms with Crippen LogP contribution in [0.2, 0.25) is 0 Å². The number of nitrogens with zero attached hydrogens (tertiary/aromatic N) is 1. The van der Waals surface area contributed by atoms with E-state index in [1.165, 1.54) is 18.1 Å². The number of hydrogen-bond acceptors (Lipinski definition) is 4. The van der Waals surface area contributed by atoms with Gasteiger partial charge in [0.25, 0.3) is 0 Å². The summed E-state index contributed by atoms with van der Waals surface area (Å²) in [6.45, 7) is 1.55. The van der Waals surface area contributed by atoms with E-state index in [1.807, 2.05) is 0 Å². The van der Waals surface area contributed by atoms with Crippen molar-refractivity contribution in [1.82, 2.24) is 10.2 Å². The van der Waals surface area contributed by atoms with Crippen LogP contribution in [0.4, 0.5) is 4.79 Å². The van der Waals surface area contributed by atoms with Crippen molar-refractivity contribution < 1.29 is 19.4 Å². The number of aliphatic hydroxyl groups excluding tert-OH is 1. The number of ether oxygens (including phenoxy) is 1. The topological polar surface area (TPSA) is 78.9 Å². The van der Waals surface area contributed by atoms with Gasteiger partial charge in [-0.2, -0.15) is 0 Å². The highest BCUT2D eigenvalue weighted by molar-refractivity contribution is 5.78. The van der Waals surface area contributed by atoms with E-state index in [0.29, 0.717) is 24.7 Å². The molecule has 1 saturated heterocycles. The number of rotatable bonds is 4. The fourth-order valence-electron chi connectivity index (χ4n) is 1.68. The molecule has 6 heteroatoms. The van der Waals surface area contributed by atoms with E-state index in [0.717, 1.165) is 0 Å². The fraction of sp³-hybridized carbons (Fsp3) is 0.636. The van der Waals surface area contributed by atoms with Gasteiger partial charge >= 0.3 is 6.03 Å². The molecule has 0 spiro atoms. The average Bonchev–Trinajstić information content (AvgIpc) is 2.83. The van der Waals surface area contributed by atoms with E-state index >= 15 is 0 Å². The van der Waals surface area contributed by atoms with E-state index in [-0.39, 0.29) is 18.7 Å². The minimum Gasteiger partial charge on any atom is -0.394 e. The number of allylic oxidation sites excluding steroid dienone is 1. The molecular formula is C11H18N2O4. The quantitative estimate of drug-likeness (QED) is 0.546. The Morgan fingerprint density at radius 3 is 2.76 bits per heavy atom. The van der Waals surface area contributed by atoms with Crippen LogP contribution >= 0.6 is 0 Å². The lowest BCUT2D eigenvalue weighted by atomic mass is 10.2. The van der Waals surface area contributed by atoms with E-state index in [4.69, 9.17) is 9.84 Å². The fourth-order valence-corrected chi connectivity index (χ4v) is 1.68. The Hall–Kier alpha value is -1.40. The third-order valence-electron chi connectivity index (χ3n) is 2.58. The lowest BCUT2D eigenvalue weighted by Gasteiger charge is -2.25. The van der Waals surface area contributed by atoms with Crippen molar-refractivity contribution >= 4 is 12.3 Å². The van der Waals surface area contributed by atoms with Crippen LogP contribution in [0.5, 0.6) is 0 Å². The summed E-state index contributed by atoms with van der Waals surface area (Å²) >= 11 is 0. The van der Waals surface area contributed by atoms with Crippen LogP contribution < -0.4 is 5.32 Å². The van der Waals surface area contributed by atoms with Gasteiger partial charge in [-0.15, -0.1) is 0 Å². The van der Waals surface area contributed by atoms with Crippen LogP contribution in [-0.4, -0.2) is 48.3 Å². The standard InChI is InChI=1S/C11H18N2O4/c1-8(6-14)5-13(11(16)12-2)10-4-3-9(7-15)17-10/h5-6,9-10,15H,3-4,7H2,1-2H3,(H,12,16)/b8-5-. The third-order valence-corrected chi connectivity index (χ3v) is 2.58. The summed E-state index contributed by atoms with van der Waals surface area (Å²) in [4.78, 5) is 23.6. The number of carbonyl (C=O) groups excluding carboxylic acids is 2. The molecule has 17 heavy (non-hydrogen) atoms. The summed E-state index contributed by atoms with van der Waals surface area (Å²) < 4.78 is 5.50. The zero-order chi connectivity index (χ0) is 12.8. The minimum atomic E-state index is -0.429. The smallest absolute Gasteiger partial charge is 0.323 e. The van der Waals surface area contributed by atoms with E-state index < -0.39 is 6.23 Å². The lowest BCUT2D eigenvalue weighted by molar-refractivity contribution is -0.105. The highest BCUT2D eigenvalue weighted by atomic mass is 16.5. The van der Waals surface area contributed by atoms with Gasteiger partial charge in [0, 0.05) is 18.8 Å². The number of nitrogens with one attached hydrogen (secondary N) is 1. The maximum absolute atomic E-state index is 11.7. The summed E-state index contributed by atoms with van der Waals surface area (Å²) in [6, 6.07) is -0.338. The van der Waals surface area contributed by atoms with Crippen LogP contribution in [0.1, 0.15) is 19.8 Å². The minimum absolute atomic E-state index is 0.0611. The molecule has 1 fully saturated rings. The van der Waals surface area contributed by atoms with Gasteiger partial charge in [-0.1, -0.05) is 0 Å². The average molecular weight is 242 g/mol. The molecule has 0 aliphatic carbocycles. The highest BCUT2D eigenvalue weighted by Gasteiger charge is 2.31. The van der Waals surface area contributed by atoms with Crippen LogP contribution in [0, 0.1) is 0 Å². The summed E-state index contributed by atoms with van der Waals surface area (Å²) in [5, 5.41) is 11.5. The molecular weight excluding hydrogens is 224 g/mol. The van der Waals surface area contributed by atoms with Crippen LogP contribution in [0.25, 0.3) is 0 Å². The molecule has 1 rings (SSSR count). The van der Waals surface area contributed by atoms with Crippen molar-refractivity contribution in [1.29, 1.82) is 0 Å². The number of hydrogen-bond donors (Lipinski definition) is 2. The summed E-state index contributed by atoms with van der Waals surface area (Å²) in [7, 11) is 1.51. The first-order valence-electron chi connectivity index (χ1n) is 5.52. The molecule has 6 nitrogen and oxygen atoms in total. The summed E-state index contributed by atoms with van der Waals surface area (Å²) in [5.74, 6) is 0. The number of amides is 2. The van der Waals surface area contributed by atoms with Crippen molar-refractivity contribution in [2.24, 2.45) is 0 Å². The molecule has 2 amide bonds. The normalized spacial score (nSPS) is 24.5. The Kier molecular flexibility index (Phi) is 5.11. The maximum Gasteiger partial charge on any atom is 0.323 e. The van der Waals surface area contributed by atoms with Gasteiger partial charge in [-0.25, -0.2) is 4.79 Å².